The van der Waals surface area contributed by atoms with E-state index < -0.39 is 12.1 Å². The molecule has 0 aromatic rings. The topological polar surface area (TPSA) is 47.9 Å². The molecule has 86 valence electrons. The third kappa shape index (κ3) is 6.32. The molecule has 0 aromatic carbocycles. The summed E-state index contributed by atoms with van der Waals surface area (Å²) in [6.45, 7) is 8.83. The van der Waals surface area contributed by atoms with Gasteiger partial charge in [-0.15, -0.1) is 0 Å². The molecule has 0 aliphatic carbocycles. The summed E-state index contributed by atoms with van der Waals surface area (Å²) in [4.78, 5) is 0. The highest BCUT2D eigenvalue weighted by Crippen LogP contribution is 2.16. The van der Waals surface area contributed by atoms with E-state index in [9.17, 15) is 5.11 Å². The molecule has 1 atom stereocenters. The number of hydrogen-bond donors (Lipinski definition) is 1. The van der Waals surface area contributed by atoms with Crippen molar-refractivity contribution in [2.75, 3.05) is 19.8 Å². The number of ether oxygens (including phenoxy) is 3. The Morgan fingerprint density at radius 1 is 1.07 bits per heavy atom. The van der Waals surface area contributed by atoms with Crippen LogP contribution < -0.4 is 0 Å². The zero-order valence-corrected chi connectivity index (χ0v) is 9.58. The maximum absolute atomic E-state index is 9.76. The zero-order chi connectivity index (χ0) is 11.0. The highest BCUT2D eigenvalue weighted by molar-refractivity contribution is 4.62. The second-order valence-corrected chi connectivity index (χ2v) is 3.15. The molecule has 4 nitrogen and oxygen atoms in total. The average molecular weight is 206 g/mol. The summed E-state index contributed by atoms with van der Waals surface area (Å²) < 4.78 is 15.8. The summed E-state index contributed by atoms with van der Waals surface area (Å²) in [5, 5.41) is 9.76. The first-order valence-corrected chi connectivity index (χ1v) is 5.15. The van der Waals surface area contributed by atoms with E-state index >= 15 is 0 Å². The third-order valence-corrected chi connectivity index (χ3v) is 1.71. The summed E-state index contributed by atoms with van der Waals surface area (Å²) in [5.74, 6) is -1.18. The SMILES string of the molecule is CCOC(CC(C)(O)OCC)OCC. The molecule has 1 unspecified atom stereocenters. The molecule has 0 aliphatic heterocycles. The van der Waals surface area contributed by atoms with Gasteiger partial charge in [0.1, 0.15) is 0 Å². The molecule has 0 bridgehead atoms. The highest BCUT2D eigenvalue weighted by atomic mass is 16.7. The fourth-order valence-corrected chi connectivity index (χ4v) is 1.22. The van der Waals surface area contributed by atoms with Gasteiger partial charge in [-0.3, -0.25) is 0 Å². The summed E-state index contributed by atoms with van der Waals surface area (Å²) in [5.41, 5.74) is 0. The van der Waals surface area contributed by atoms with Gasteiger partial charge in [0, 0.05) is 19.8 Å². The number of aliphatic hydroxyl groups is 1. The molecule has 0 fully saturated rings. The predicted molar refractivity (Wildman–Crippen MR) is 53.9 cm³/mol. The van der Waals surface area contributed by atoms with Gasteiger partial charge in [0.15, 0.2) is 12.1 Å². The zero-order valence-electron chi connectivity index (χ0n) is 9.58. The van der Waals surface area contributed by atoms with Gasteiger partial charge >= 0.3 is 0 Å². The van der Waals surface area contributed by atoms with Crippen LogP contribution in [0.15, 0.2) is 0 Å². The van der Waals surface area contributed by atoms with Gasteiger partial charge in [0.05, 0.1) is 6.42 Å². The minimum atomic E-state index is -1.18. The summed E-state index contributed by atoms with van der Waals surface area (Å²) in [6, 6.07) is 0. The molecule has 0 saturated heterocycles. The Morgan fingerprint density at radius 3 is 1.93 bits per heavy atom. The van der Waals surface area contributed by atoms with Crippen LogP contribution in [0.4, 0.5) is 0 Å². The van der Waals surface area contributed by atoms with Gasteiger partial charge in [-0.25, -0.2) is 0 Å². The summed E-state index contributed by atoms with van der Waals surface area (Å²) in [7, 11) is 0. The van der Waals surface area contributed by atoms with Crippen LogP contribution in [-0.2, 0) is 14.2 Å². The first-order chi connectivity index (χ1) is 6.55. The van der Waals surface area contributed by atoms with Crippen LogP contribution in [0, 0.1) is 0 Å². The standard InChI is InChI=1S/C10H22O4/c1-5-12-9(13-6-2)8-10(4,11)14-7-3/h9,11H,5-8H2,1-4H3. The van der Waals surface area contributed by atoms with Crippen LogP contribution in [0.25, 0.3) is 0 Å². The van der Waals surface area contributed by atoms with E-state index in [0.29, 0.717) is 26.2 Å². The van der Waals surface area contributed by atoms with Crippen LogP contribution in [0.5, 0.6) is 0 Å². The maximum Gasteiger partial charge on any atom is 0.167 e. The Bertz CT molecular complexity index is 130. The predicted octanol–water partition coefficient (Wildman–Crippen LogP) is 1.52. The van der Waals surface area contributed by atoms with Crippen molar-refractivity contribution in [3.05, 3.63) is 0 Å². The van der Waals surface area contributed by atoms with Crippen molar-refractivity contribution < 1.29 is 19.3 Å². The first kappa shape index (κ1) is 13.8. The van der Waals surface area contributed by atoms with E-state index in [2.05, 4.69) is 0 Å². The van der Waals surface area contributed by atoms with Crippen molar-refractivity contribution in [3.63, 3.8) is 0 Å². The van der Waals surface area contributed by atoms with Crippen LogP contribution >= 0.6 is 0 Å². The van der Waals surface area contributed by atoms with E-state index in [1.165, 1.54) is 0 Å². The molecular weight excluding hydrogens is 184 g/mol. The first-order valence-electron chi connectivity index (χ1n) is 5.15. The quantitative estimate of drug-likeness (QED) is 0.612. The Hall–Kier alpha value is -0.160. The molecular formula is C10H22O4. The highest BCUT2D eigenvalue weighted by Gasteiger charge is 2.26. The van der Waals surface area contributed by atoms with E-state index in [0.717, 1.165) is 0 Å². The Labute approximate surface area is 86.2 Å². The van der Waals surface area contributed by atoms with Crippen molar-refractivity contribution in [2.24, 2.45) is 0 Å². The molecule has 14 heavy (non-hydrogen) atoms. The molecule has 0 aliphatic rings. The van der Waals surface area contributed by atoms with Crippen molar-refractivity contribution in [2.45, 2.75) is 46.2 Å². The van der Waals surface area contributed by atoms with Crippen molar-refractivity contribution in [3.8, 4) is 0 Å². The molecule has 0 amide bonds. The molecule has 0 spiro atoms. The van der Waals surface area contributed by atoms with E-state index in [1.807, 2.05) is 20.8 Å². The average Bonchev–Trinajstić information content (AvgIpc) is 2.03. The molecule has 0 saturated carbocycles. The van der Waals surface area contributed by atoms with Gasteiger partial charge in [-0.05, 0) is 27.7 Å². The van der Waals surface area contributed by atoms with Crippen molar-refractivity contribution in [1.29, 1.82) is 0 Å². The lowest BCUT2D eigenvalue weighted by molar-refractivity contribution is -0.243. The number of rotatable bonds is 8. The van der Waals surface area contributed by atoms with Gasteiger partial charge in [-0.1, -0.05) is 0 Å². The second-order valence-electron chi connectivity index (χ2n) is 3.15. The van der Waals surface area contributed by atoms with Crippen LogP contribution in [-0.4, -0.2) is 37.0 Å². The molecule has 0 radical (unpaired) electrons. The Balaban J connectivity index is 3.98. The molecule has 0 heterocycles. The minimum Gasteiger partial charge on any atom is -0.365 e. The summed E-state index contributed by atoms with van der Waals surface area (Å²) >= 11 is 0. The molecule has 0 rings (SSSR count). The molecule has 4 heteroatoms. The Kier molecular flexibility index (Phi) is 7.09. The van der Waals surface area contributed by atoms with Crippen LogP contribution in [0.3, 0.4) is 0 Å². The van der Waals surface area contributed by atoms with Gasteiger partial charge in [0.25, 0.3) is 0 Å². The van der Waals surface area contributed by atoms with Crippen molar-refractivity contribution >= 4 is 0 Å². The van der Waals surface area contributed by atoms with Crippen LogP contribution in [0.1, 0.15) is 34.1 Å². The lowest BCUT2D eigenvalue weighted by Crippen LogP contribution is -2.35. The van der Waals surface area contributed by atoms with E-state index in [-0.39, 0.29) is 0 Å². The monoisotopic (exact) mass is 206 g/mol. The molecule has 0 aromatic heterocycles. The normalized spacial score (nSPS) is 15.9. The van der Waals surface area contributed by atoms with Crippen LogP contribution in [0.2, 0.25) is 0 Å². The van der Waals surface area contributed by atoms with E-state index in [1.54, 1.807) is 6.92 Å². The molecule has 1 N–H and O–H groups in total. The van der Waals surface area contributed by atoms with Gasteiger partial charge < -0.3 is 19.3 Å². The smallest absolute Gasteiger partial charge is 0.167 e. The maximum atomic E-state index is 9.76. The Morgan fingerprint density at radius 2 is 1.57 bits per heavy atom. The summed E-state index contributed by atoms with van der Waals surface area (Å²) in [6.07, 6.45) is -0.0748. The lowest BCUT2D eigenvalue weighted by Gasteiger charge is -2.27. The number of hydrogen-bond acceptors (Lipinski definition) is 4. The fourth-order valence-electron chi connectivity index (χ4n) is 1.22. The second kappa shape index (κ2) is 7.17. The van der Waals surface area contributed by atoms with Gasteiger partial charge in [0.2, 0.25) is 0 Å². The van der Waals surface area contributed by atoms with E-state index in [4.69, 9.17) is 14.2 Å². The third-order valence-electron chi connectivity index (χ3n) is 1.71. The largest absolute Gasteiger partial charge is 0.365 e. The lowest BCUT2D eigenvalue weighted by atomic mass is 10.2. The van der Waals surface area contributed by atoms with Crippen molar-refractivity contribution in [1.82, 2.24) is 0 Å². The fraction of sp³-hybridized carbons (Fsp3) is 1.00. The minimum absolute atomic E-state index is 0.322. The van der Waals surface area contributed by atoms with Gasteiger partial charge in [-0.2, -0.15) is 0 Å².